The Labute approximate surface area is 129 Å². The van der Waals surface area contributed by atoms with Crippen molar-refractivity contribution in [3.05, 3.63) is 54.1 Å². The van der Waals surface area contributed by atoms with Crippen LogP contribution in [0.5, 0.6) is 5.75 Å². The summed E-state index contributed by atoms with van der Waals surface area (Å²) in [4.78, 5) is 4.36. The Morgan fingerprint density at radius 2 is 1.91 bits per heavy atom. The number of hydrazone groups is 1. The van der Waals surface area contributed by atoms with E-state index in [1.165, 1.54) is 23.6 Å². The van der Waals surface area contributed by atoms with Gasteiger partial charge in [0.1, 0.15) is 5.75 Å². The van der Waals surface area contributed by atoms with Crippen LogP contribution in [0.3, 0.4) is 0 Å². The summed E-state index contributed by atoms with van der Waals surface area (Å²) in [5.41, 5.74) is 4.13. The third-order valence-corrected chi connectivity index (χ3v) is 3.73. The molecule has 0 amide bonds. The molecule has 0 radical (unpaired) electrons. The minimum Gasteiger partial charge on any atom is -0.434 e. The number of nitrogens with one attached hydrogen (secondary N) is 1. The Bertz CT molecular complexity index is 771. The lowest BCUT2D eigenvalue weighted by atomic mass is 10.2. The summed E-state index contributed by atoms with van der Waals surface area (Å²) in [6, 6.07) is 14.2. The molecule has 3 aromatic rings. The maximum atomic E-state index is 12.3. The number of para-hydroxylation sites is 2. The Kier molecular flexibility index (Phi) is 4.24. The fourth-order valence-corrected chi connectivity index (χ4v) is 2.68. The summed E-state index contributed by atoms with van der Waals surface area (Å²) >= 11 is 1.46. The lowest BCUT2D eigenvalue weighted by Gasteiger charge is -2.06. The fourth-order valence-electron chi connectivity index (χ4n) is 1.87. The Hall–Kier alpha value is -2.54. The first kappa shape index (κ1) is 14.4. The molecule has 0 unspecified atom stereocenters. The highest BCUT2D eigenvalue weighted by Crippen LogP contribution is 2.25. The molecule has 22 heavy (non-hydrogen) atoms. The van der Waals surface area contributed by atoms with Crippen molar-refractivity contribution < 1.29 is 13.5 Å². The first-order chi connectivity index (χ1) is 10.7. The number of anilines is 1. The number of fused-ring (bicyclic) bond motifs is 1. The second-order valence-corrected chi connectivity index (χ2v) is 5.30. The van der Waals surface area contributed by atoms with Gasteiger partial charge in [-0.3, -0.25) is 5.43 Å². The topological polar surface area (TPSA) is 46.5 Å². The summed E-state index contributed by atoms with van der Waals surface area (Å²) in [7, 11) is 0. The smallest absolute Gasteiger partial charge is 0.387 e. The molecule has 0 saturated carbocycles. The average molecular weight is 319 g/mol. The van der Waals surface area contributed by atoms with Crippen molar-refractivity contribution in [3.63, 3.8) is 0 Å². The van der Waals surface area contributed by atoms with E-state index < -0.39 is 6.61 Å². The highest BCUT2D eigenvalue weighted by molar-refractivity contribution is 7.22. The zero-order valence-corrected chi connectivity index (χ0v) is 12.1. The number of rotatable bonds is 5. The van der Waals surface area contributed by atoms with E-state index in [0.717, 1.165) is 10.2 Å². The fraction of sp³-hybridized carbons (Fsp3) is 0.0667. The van der Waals surface area contributed by atoms with Crippen molar-refractivity contribution in [2.75, 3.05) is 5.43 Å². The molecule has 0 saturated heterocycles. The second kappa shape index (κ2) is 6.48. The van der Waals surface area contributed by atoms with Gasteiger partial charge in [0.25, 0.3) is 0 Å². The van der Waals surface area contributed by atoms with Crippen molar-refractivity contribution in [2.24, 2.45) is 5.10 Å². The molecule has 0 aliphatic carbocycles. The molecule has 2 aromatic carbocycles. The third-order valence-electron chi connectivity index (χ3n) is 2.79. The molecule has 1 heterocycles. The van der Waals surface area contributed by atoms with Gasteiger partial charge < -0.3 is 4.74 Å². The summed E-state index contributed by atoms with van der Waals surface area (Å²) in [5, 5.41) is 4.65. The van der Waals surface area contributed by atoms with Gasteiger partial charge in [-0.25, -0.2) is 4.98 Å². The zero-order chi connectivity index (χ0) is 15.4. The SMILES string of the molecule is FC(F)Oc1ccccc1/C=N\Nc1nc2ccccc2s1. The van der Waals surface area contributed by atoms with E-state index in [4.69, 9.17) is 0 Å². The van der Waals surface area contributed by atoms with Gasteiger partial charge in [0.15, 0.2) is 0 Å². The molecular formula is C15H11F2N3OS. The van der Waals surface area contributed by atoms with E-state index in [1.807, 2.05) is 24.3 Å². The number of thiazole rings is 1. The zero-order valence-electron chi connectivity index (χ0n) is 11.2. The molecule has 4 nitrogen and oxygen atoms in total. The third kappa shape index (κ3) is 3.37. The normalized spacial score (nSPS) is 11.4. The summed E-state index contributed by atoms with van der Waals surface area (Å²) < 4.78 is 30.1. The molecule has 0 atom stereocenters. The van der Waals surface area contributed by atoms with Gasteiger partial charge in [-0.1, -0.05) is 35.6 Å². The van der Waals surface area contributed by atoms with Crippen LogP contribution in [-0.4, -0.2) is 17.8 Å². The molecule has 0 fully saturated rings. The van der Waals surface area contributed by atoms with Crippen LogP contribution >= 0.6 is 11.3 Å². The molecule has 7 heteroatoms. The Morgan fingerprint density at radius 3 is 2.73 bits per heavy atom. The van der Waals surface area contributed by atoms with Crippen molar-refractivity contribution in [1.29, 1.82) is 0 Å². The molecule has 0 spiro atoms. The number of benzene rings is 2. The van der Waals surface area contributed by atoms with Crippen LogP contribution < -0.4 is 10.2 Å². The van der Waals surface area contributed by atoms with Crippen LogP contribution in [0, 0.1) is 0 Å². The van der Waals surface area contributed by atoms with E-state index >= 15 is 0 Å². The lowest BCUT2D eigenvalue weighted by Crippen LogP contribution is -2.04. The number of halogens is 2. The molecule has 1 aromatic heterocycles. The highest BCUT2D eigenvalue weighted by atomic mass is 32.1. The number of aromatic nitrogens is 1. The standard InChI is InChI=1S/C15H11F2N3OS/c16-14(17)21-12-7-3-1-5-10(12)9-18-20-15-19-11-6-2-4-8-13(11)22-15/h1-9,14H,(H,19,20)/b18-9-. The number of ether oxygens (including phenoxy) is 1. The summed E-state index contributed by atoms with van der Waals surface area (Å²) in [5.74, 6) is 0.0762. The largest absolute Gasteiger partial charge is 0.434 e. The minimum absolute atomic E-state index is 0.0762. The first-order valence-corrected chi connectivity index (χ1v) is 7.22. The summed E-state index contributed by atoms with van der Waals surface area (Å²) in [6.07, 6.45) is 1.42. The van der Waals surface area contributed by atoms with E-state index in [9.17, 15) is 8.78 Å². The monoisotopic (exact) mass is 319 g/mol. The molecular weight excluding hydrogens is 308 g/mol. The van der Waals surface area contributed by atoms with Gasteiger partial charge >= 0.3 is 6.61 Å². The van der Waals surface area contributed by atoms with E-state index in [0.29, 0.717) is 10.7 Å². The number of hydrogen-bond acceptors (Lipinski definition) is 5. The van der Waals surface area contributed by atoms with Crippen molar-refractivity contribution in [2.45, 2.75) is 6.61 Å². The number of hydrogen-bond donors (Lipinski definition) is 1. The van der Waals surface area contributed by atoms with Gasteiger partial charge in [-0.05, 0) is 24.3 Å². The van der Waals surface area contributed by atoms with E-state index in [1.54, 1.807) is 18.2 Å². The lowest BCUT2D eigenvalue weighted by molar-refractivity contribution is -0.0499. The molecule has 0 bridgehead atoms. The molecule has 3 rings (SSSR count). The molecule has 0 aliphatic heterocycles. The van der Waals surface area contributed by atoms with Gasteiger partial charge in [0.05, 0.1) is 16.4 Å². The molecule has 0 aliphatic rings. The Morgan fingerprint density at radius 1 is 1.14 bits per heavy atom. The van der Waals surface area contributed by atoms with Crippen LogP contribution in [0.2, 0.25) is 0 Å². The molecule has 112 valence electrons. The van der Waals surface area contributed by atoms with Gasteiger partial charge in [-0.15, -0.1) is 0 Å². The first-order valence-electron chi connectivity index (χ1n) is 6.41. The van der Waals surface area contributed by atoms with Crippen LogP contribution in [0.15, 0.2) is 53.6 Å². The predicted molar refractivity (Wildman–Crippen MR) is 83.9 cm³/mol. The number of nitrogens with zero attached hydrogens (tertiary/aromatic N) is 2. The maximum absolute atomic E-state index is 12.3. The maximum Gasteiger partial charge on any atom is 0.387 e. The second-order valence-electron chi connectivity index (χ2n) is 4.27. The highest BCUT2D eigenvalue weighted by Gasteiger charge is 2.07. The van der Waals surface area contributed by atoms with Crippen LogP contribution in [0.1, 0.15) is 5.56 Å². The summed E-state index contributed by atoms with van der Waals surface area (Å²) in [6.45, 7) is -2.87. The van der Waals surface area contributed by atoms with E-state index in [2.05, 4.69) is 20.2 Å². The Balaban J connectivity index is 1.74. The molecule has 1 N–H and O–H groups in total. The quantitative estimate of drug-likeness (QED) is 0.562. The van der Waals surface area contributed by atoms with Crippen molar-refractivity contribution >= 4 is 32.9 Å². The van der Waals surface area contributed by atoms with Crippen LogP contribution in [0.4, 0.5) is 13.9 Å². The van der Waals surface area contributed by atoms with Crippen molar-refractivity contribution in [1.82, 2.24) is 4.98 Å². The number of alkyl halides is 2. The van der Waals surface area contributed by atoms with Gasteiger partial charge in [0.2, 0.25) is 5.13 Å². The van der Waals surface area contributed by atoms with Crippen LogP contribution in [-0.2, 0) is 0 Å². The van der Waals surface area contributed by atoms with Crippen LogP contribution in [0.25, 0.3) is 10.2 Å². The van der Waals surface area contributed by atoms with Gasteiger partial charge in [-0.2, -0.15) is 13.9 Å². The minimum atomic E-state index is -2.87. The average Bonchev–Trinajstić information content (AvgIpc) is 2.91. The van der Waals surface area contributed by atoms with E-state index in [-0.39, 0.29) is 5.75 Å². The predicted octanol–water partition coefficient (Wildman–Crippen LogP) is 4.34. The van der Waals surface area contributed by atoms with Crippen molar-refractivity contribution in [3.8, 4) is 5.75 Å². The van der Waals surface area contributed by atoms with Gasteiger partial charge in [0, 0.05) is 5.56 Å².